The lowest BCUT2D eigenvalue weighted by molar-refractivity contribution is 0.0691. The number of aromatic carboxylic acids is 1. The summed E-state index contributed by atoms with van der Waals surface area (Å²) in [5.41, 5.74) is 0.0599. The maximum atomic E-state index is 10.6. The summed E-state index contributed by atoms with van der Waals surface area (Å²) in [4.78, 5) is 14.5. The molecule has 0 aliphatic rings. The van der Waals surface area contributed by atoms with Crippen molar-refractivity contribution in [2.24, 2.45) is 7.05 Å². The van der Waals surface area contributed by atoms with Gasteiger partial charge in [0, 0.05) is 12.4 Å². The standard InChI is InChI=1S/C7H6N4O2S2/c1-11-3-8-10-6(11)15-7-9-4(2-14-7)5(12)13/h2-3H,1H3,(H,12,13). The van der Waals surface area contributed by atoms with E-state index in [0.29, 0.717) is 9.50 Å². The Morgan fingerprint density at radius 1 is 1.67 bits per heavy atom. The zero-order valence-corrected chi connectivity index (χ0v) is 9.25. The molecule has 0 amide bonds. The van der Waals surface area contributed by atoms with E-state index in [1.807, 2.05) is 7.05 Å². The molecule has 0 atom stereocenters. The van der Waals surface area contributed by atoms with Gasteiger partial charge in [0.1, 0.15) is 6.33 Å². The fraction of sp³-hybridized carbons (Fsp3) is 0.143. The normalized spacial score (nSPS) is 10.5. The average molecular weight is 242 g/mol. The van der Waals surface area contributed by atoms with Crippen LogP contribution in [0.25, 0.3) is 0 Å². The predicted molar refractivity (Wildman–Crippen MR) is 54.2 cm³/mol. The molecular formula is C7H6N4O2S2. The van der Waals surface area contributed by atoms with Gasteiger partial charge in [-0.25, -0.2) is 9.78 Å². The molecule has 8 heteroatoms. The summed E-state index contributed by atoms with van der Waals surface area (Å²) < 4.78 is 2.38. The minimum absolute atomic E-state index is 0.0599. The molecule has 0 unspecified atom stereocenters. The van der Waals surface area contributed by atoms with Crippen molar-refractivity contribution in [2.45, 2.75) is 9.50 Å². The van der Waals surface area contributed by atoms with Gasteiger partial charge in [-0.2, -0.15) is 0 Å². The Morgan fingerprint density at radius 3 is 3.00 bits per heavy atom. The molecule has 0 saturated heterocycles. The van der Waals surface area contributed by atoms with Crippen LogP contribution in [0.3, 0.4) is 0 Å². The van der Waals surface area contributed by atoms with Crippen LogP contribution in [0.5, 0.6) is 0 Å². The van der Waals surface area contributed by atoms with Crippen molar-refractivity contribution in [1.82, 2.24) is 19.7 Å². The van der Waals surface area contributed by atoms with Crippen molar-refractivity contribution in [3.63, 3.8) is 0 Å². The number of carboxylic acids is 1. The fourth-order valence-electron chi connectivity index (χ4n) is 0.845. The largest absolute Gasteiger partial charge is 0.476 e. The quantitative estimate of drug-likeness (QED) is 0.868. The third-order valence-corrected chi connectivity index (χ3v) is 3.54. The molecule has 2 heterocycles. The third kappa shape index (κ3) is 2.16. The molecule has 0 aliphatic heterocycles. The molecular weight excluding hydrogens is 236 g/mol. The molecule has 0 radical (unpaired) electrons. The number of nitrogens with zero attached hydrogens (tertiary/aromatic N) is 4. The summed E-state index contributed by atoms with van der Waals surface area (Å²) in [5.74, 6) is -1.02. The van der Waals surface area contributed by atoms with Crippen LogP contribution in [0.4, 0.5) is 0 Å². The van der Waals surface area contributed by atoms with Crippen LogP contribution in [0, 0.1) is 0 Å². The molecule has 0 fully saturated rings. The maximum Gasteiger partial charge on any atom is 0.355 e. The Morgan fingerprint density at radius 2 is 2.47 bits per heavy atom. The number of aromatic nitrogens is 4. The highest BCUT2D eigenvalue weighted by molar-refractivity contribution is 8.00. The van der Waals surface area contributed by atoms with Crippen LogP contribution in [0.15, 0.2) is 21.2 Å². The highest BCUT2D eigenvalue weighted by atomic mass is 32.2. The lowest BCUT2D eigenvalue weighted by Crippen LogP contribution is -1.95. The Bertz CT molecular complexity index is 493. The van der Waals surface area contributed by atoms with Gasteiger partial charge in [-0.1, -0.05) is 0 Å². The lowest BCUT2D eigenvalue weighted by atomic mass is 10.5. The van der Waals surface area contributed by atoms with Crippen LogP contribution < -0.4 is 0 Å². The Labute approximate surface area is 93.0 Å². The SMILES string of the molecule is Cn1cnnc1Sc1nc(C(=O)O)cs1. The van der Waals surface area contributed by atoms with Crippen molar-refractivity contribution in [2.75, 3.05) is 0 Å². The smallest absolute Gasteiger partial charge is 0.355 e. The van der Waals surface area contributed by atoms with Gasteiger partial charge in [0.15, 0.2) is 15.2 Å². The summed E-state index contributed by atoms with van der Waals surface area (Å²) in [6.07, 6.45) is 1.58. The number of thiazole rings is 1. The van der Waals surface area contributed by atoms with Crippen molar-refractivity contribution < 1.29 is 9.90 Å². The van der Waals surface area contributed by atoms with Crippen LogP contribution in [-0.4, -0.2) is 30.8 Å². The summed E-state index contributed by atoms with van der Waals surface area (Å²) in [6.45, 7) is 0. The van der Waals surface area contributed by atoms with E-state index in [-0.39, 0.29) is 5.69 Å². The van der Waals surface area contributed by atoms with Gasteiger partial charge in [0.2, 0.25) is 0 Å². The Kier molecular flexibility index (Phi) is 2.69. The van der Waals surface area contributed by atoms with Gasteiger partial charge < -0.3 is 9.67 Å². The first-order chi connectivity index (χ1) is 7.16. The second-order valence-corrected chi connectivity index (χ2v) is 4.70. The van der Waals surface area contributed by atoms with E-state index in [1.165, 1.54) is 28.5 Å². The second kappa shape index (κ2) is 3.99. The highest BCUT2D eigenvalue weighted by Crippen LogP contribution is 2.28. The van der Waals surface area contributed by atoms with Gasteiger partial charge in [-0.05, 0) is 11.8 Å². The number of aryl methyl sites for hydroxylation is 1. The molecule has 1 N–H and O–H groups in total. The molecule has 0 spiro atoms. The lowest BCUT2D eigenvalue weighted by Gasteiger charge is -1.94. The minimum Gasteiger partial charge on any atom is -0.476 e. The zero-order valence-electron chi connectivity index (χ0n) is 7.62. The summed E-state index contributed by atoms with van der Waals surface area (Å²) >= 11 is 2.57. The molecule has 0 aromatic carbocycles. The maximum absolute atomic E-state index is 10.6. The zero-order chi connectivity index (χ0) is 10.8. The molecule has 2 rings (SSSR count). The predicted octanol–water partition coefficient (Wildman–Crippen LogP) is 1.12. The van der Waals surface area contributed by atoms with Crippen LogP contribution in [0.1, 0.15) is 10.5 Å². The molecule has 15 heavy (non-hydrogen) atoms. The van der Waals surface area contributed by atoms with E-state index in [2.05, 4.69) is 15.2 Å². The van der Waals surface area contributed by atoms with Crippen LogP contribution >= 0.6 is 23.1 Å². The third-order valence-electron chi connectivity index (χ3n) is 1.55. The molecule has 6 nitrogen and oxygen atoms in total. The molecule has 2 aromatic rings. The molecule has 0 aliphatic carbocycles. The van der Waals surface area contributed by atoms with Crippen molar-refractivity contribution in [3.8, 4) is 0 Å². The number of carboxylic acid groups (broad SMARTS) is 1. The van der Waals surface area contributed by atoms with Crippen LogP contribution in [-0.2, 0) is 7.05 Å². The van der Waals surface area contributed by atoms with E-state index < -0.39 is 5.97 Å². The van der Waals surface area contributed by atoms with Gasteiger partial charge in [-0.15, -0.1) is 21.5 Å². The van der Waals surface area contributed by atoms with Gasteiger partial charge in [-0.3, -0.25) is 0 Å². The van der Waals surface area contributed by atoms with E-state index >= 15 is 0 Å². The number of hydrogen-bond acceptors (Lipinski definition) is 6. The minimum atomic E-state index is -1.02. The van der Waals surface area contributed by atoms with Crippen molar-refractivity contribution in [3.05, 3.63) is 17.4 Å². The number of carbonyl (C=O) groups is 1. The summed E-state index contributed by atoms with van der Waals surface area (Å²) in [6, 6.07) is 0. The topological polar surface area (TPSA) is 80.9 Å². The second-order valence-electron chi connectivity index (χ2n) is 2.63. The number of hydrogen-bond donors (Lipinski definition) is 1. The average Bonchev–Trinajstić information content (AvgIpc) is 2.77. The van der Waals surface area contributed by atoms with Gasteiger partial charge in [0.05, 0.1) is 0 Å². The first-order valence-corrected chi connectivity index (χ1v) is 5.57. The molecule has 0 bridgehead atoms. The Hall–Kier alpha value is -1.41. The molecule has 0 saturated carbocycles. The number of rotatable bonds is 3. The van der Waals surface area contributed by atoms with E-state index in [4.69, 9.17) is 5.11 Å². The summed E-state index contributed by atoms with van der Waals surface area (Å²) in [7, 11) is 1.81. The van der Waals surface area contributed by atoms with Crippen LogP contribution in [0.2, 0.25) is 0 Å². The monoisotopic (exact) mass is 242 g/mol. The van der Waals surface area contributed by atoms with E-state index in [1.54, 1.807) is 10.9 Å². The first-order valence-electron chi connectivity index (χ1n) is 3.87. The van der Waals surface area contributed by atoms with Crippen molar-refractivity contribution in [1.29, 1.82) is 0 Å². The Balaban J connectivity index is 2.18. The van der Waals surface area contributed by atoms with E-state index in [9.17, 15) is 4.79 Å². The van der Waals surface area contributed by atoms with Gasteiger partial charge >= 0.3 is 5.97 Å². The highest BCUT2D eigenvalue weighted by Gasteiger charge is 2.11. The van der Waals surface area contributed by atoms with E-state index in [0.717, 1.165) is 0 Å². The van der Waals surface area contributed by atoms with Crippen molar-refractivity contribution >= 4 is 29.1 Å². The fourth-order valence-corrected chi connectivity index (χ4v) is 2.50. The molecule has 2 aromatic heterocycles. The van der Waals surface area contributed by atoms with Gasteiger partial charge in [0.25, 0.3) is 0 Å². The first kappa shape index (κ1) is 10.1. The summed E-state index contributed by atoms with van der Waals surface area (Å²) in [5, 5.41) is 18.4. The molecule has 78 valence electrons.